The molecule has 1 aromatic carbocycles. The van der Waals surface area contributed by atoms with Crippen LogP contribution in [0.1, 0.15) is 22.5 Å². The van der Waals surface area contributed by atoms with Gasteiger partial charge in [-0.3, -0.25) is 0 Å². The number of aryl methyl sites for hydroxylation is 1. The molecule has 0 bridgehead atoms. The van der Waals surface area contributed by atoms with E-state index in [1.165, 1.54) is 6.07 Å². The average Bonchev–Trinajstić information content (AvgIpc) is 2.87. The predicted molar refractivity (Wildman–Crippen MR) is 73.9 cm³/mol. The molecule has 0 aliphatic carbocycles. The lowest BCUT2D eigenvalue weighted by Crippen LogP contribution is -2.08. The highest BCUT2D eigenvalue weighted by molar-refractivity contribution is 6.31. The van der Waals surface area contributed by atoms with Crippen molar-refractivity contribution < 1.29 is 14.3 Å². The molecule has 0 atom stereocenters. The van der Waals surface area contributed by atoms with E-state index in [0.717, 1.165) is 18.6 Å². The molecule has 0 saturated heterocycles. The fourth-order valence-corrected chi connectivity index (χ4v) is 1.96. The Labute approximate surface area is 116 Å². The van der Waals surface area contributed by atoms with Crippen molar-refractivity contribution in [1.82, 2.24) is 0 Å². The normalized spacial score (nSPS) is 10.4. The van der Waals surface area contributed by atoms with E-state index >= 15 is 0 Å². The van der Waals surface area contributed by atoms with Crippen LogP contribution in [0, 0.1) is 0 Å². The molecule has 0 amide bonds. The first-order valence-electron chi connectivity index (χ1n) is 5.96. The summed E-state index contributed by atoms with van der Waals surface area (Å²) in [6, 6.07) is 8.46. The number of hydrogen-bond donors (Lipinski definition) is 2. The number of hydrogen-bond acceptors (Lipinski definition) is 3. The van der Waals surface area contributed by atoms with E-state index in [2.05, 4.69) is 5.32 Å². The molecule has 0 unspecified atom stereocenters. The maximum absolute atomic E-state index is 11.1. The van der Waals surface area contributed by atoms with Gasteiger partial charge in [-0.05, 0) is 36.8 Å². The molecule has 0 spiro atoms. The summed E-state index contributed by atoms with van der Waals surface area (Å²) in [5.41, 5.74) is 0.766. The van der Waals surface area contributed by atoms with Gasteiger partial charge in [-0.2, -0.15) is 0 Å². The average molecular weight is 280 g/mol. The summed E-state index contributed by atoms with van der Waals surface area (Å²) in [5.74, 6) is -0.0449. The second-order valence-electron chi connectivity index (χ2n) is 4.10. The minimum Gasteiger partial charge on any atom is -0.478 e. The summed E-state index contributed by atoms with van der Waals surface area (Å²) < 4.78 is 5.22. The van der Waals surface area contributed by atoms with Gasteiger partial charge in [0, 0.05) is 18.0 Å². The van der Waals surface area contributed by atoms with Gasteiger partial charge in [-0.25, -0.2) is 4.79 Å². The molecule has 0 saturated carbocycles. The molecule has 4 nitrogen and oxygen atoms in total. The van der Waals surface area contributed by atoms with Gasteiger partial charge in [0.15, 0.2) is 0 Å². The SMILES string of the molecule is O=C(O)c1ccc(Cl)cc1NCCCc1ccco1. The van der Waals surface area contributed by atoms with Crippen molar-refractivity contribution in [2.24, 2.45) is 0 Å². The maximum atomic E-state index is 11.1. The van der Waals surface area contributed by atoms with Crippen LogP contribution < -0.4 is 5.32 Å². The Bertz CT molecular complexity index is 552. The fraction of sp³-hybridized carbons (Fsp3) is 0.214. The second kappa shape index (κ2) is 6.29. The van der Waals surface area contributed by atoms with Crippen LogP contribution in [0.2, 0.25) is 5.02 Å². The number of furan rings is 1. The van der Waals surface area contributed by atoms with Crippen LogP contribution in [0.3, 0.4) is 0 Å². The van der Waals surface area contributed by atoms with Gasteiger partial charge in [0.05, 0.1) is 17.5 Å². The zero-order valence-corrected chi connectivity index (χ0v) is 11.0. The molecule has 100 valence electrons. The standard InChI is InChI=1S/C14H14ClNO3/c15-10-5-6-12(14(17)18)13(9-10)16-7-1-3-11-4-2-8-19-11/h2,4-6,8-9,16H,1,3,7H2,(H,17,18). The third-order valence-corrected chi connectivity index (χ3v) is 2.94. The van der Waals surface area contributed by atoms with Gasteiger partial charge in [-0.1, -0.05) is 11.6 Å². The summed E-state index contributed by atoms with van der Waals surface area (Å²) in [6.07, 6.45) is 3.30. The molecule has 0 aliphatic rings. The number of rotatable bonds is 6. The summed E-state index contributed by atoms with van der Waals surface area (Å²) in [7, 11) is 0. The largest absolute Gasteiger partial charge is 0.478 e. The number of carbonyl (C=O) groups is 1. The Kier molecular flexibility index (Phi) is 4.47. The van der Waals surface area contributed by atoms with Crippen LogP contribution in [0.15, 0.2) is 41.0 Å². The van der Waals surface area contributed by atoms with E-state index in [-0.39, 0.29) is 5.56 Å². The minimum absolute atomic E-state index is 0.224. The molecule has 1 heterocycles. The van der Waals surface area contributed by atoms with Crippen LogP contribution in [0.5, 0.6) is 0 Å². The molecule has 0 fully saturated rings. The summed E-state index contributed by atoms with van der Waals surface area (Å²) in [6.45, 7) is 0.654. The number of anilines is 1. The molecule has 2 rings (SSSR count). The zero-order chi connectivity index (χ0) is 13.7. The van der Waals surface area contributed by atoms with Gasteiger partial charge in [0.2, 0.25) is 0 Å². The van der Waals surface area contributed by atoms with Gasteiger partial charge >= 0.3 is 5.97 Å². The quantitative estimate of drug-likeness (QED) is 0.792. The van der Waals surface area contributed by atoms with Gasteiger partial charge in [-0.15, -0.1) is 0 Å². The Morgan fingerprint density at radius 2 is 2.21 bits per heavy atom. The number of halogens is 1. The van der Waals surface area contributed by atoms with Crippen molar-refractivity contribution in [3.05, 3.63) is 52.9 Å². The monoisotopic (exact) mass is 279 g/mol. The Morgan fingerprint density at radius 3 is 2.89 bits per heavy atom. The van der Waals surface area contributed by atoms with Crippen molar-refractivity contribution >= 4 is 23.3 Å². The van der Waals surface area contributed by atoms with Gasteiger partial charge in [0.1, 0.15) is 5.76 Å². The van der Waals surface area contributed by atoms with E-state index in [9.17, 15) is 4.79 Å². The van der Waals surface area contributed by atoms with Crippen LogP contribution in [0.4, 0.5) is 5.69 Å². The smallest absolute Gasteiger partial charge is 0.337 e. The summed E-state index contributed by atoms with van der Waals surface area (Å²) >= 11 is 5.87. The minimum atomic E-state index is -0.967. The van der Waals surface area contributed by atoms with Crippen molar-refractivity contribution in [3.63, 3.8) is 0 Å². The number of benzene rings is 1. The Balaban J connectivity index is 1.91. The molecule has 2 aromatic rings. The molecular formula is C14H14ClNO3. The highest BCUT2D eigenvalue weighted by Gasteiger charge is 2.09. The van der Waals surface area contributed by atoms with E-state index < -0.39 is 5.97 Å². The van der Waals surface area contributed by atoms with Crippen LogP contribution in [-0.2, 0) is 6.42 Å². The first-order valence-corrected chi connectivity index (χ1v) is 6.33. The van der Waals surface area contributed by atoms with E-state index in [0.29, 0.717) is 17.3 Å². The Morgan fingerprint density at radius 1 is 1.37 bits per heavy atom. The van der Waals surface area contributed by atoms with E-state index in [4.69, 9.17) is 21.1 Å². The first kappa shape index (κ1) is 13.5. The first-order chi connectivity index (χ1) is 9.16. The lowest BCUT2D eigenvalue weighted by molar-refractivity contribution is 0.0698. The van der Waals surface area contributed by atoms with Crippen LogP contribution in [0.25, 0.3) is 0 Å². The molecular weight excluding hydrogens is 266 g/mol. The lowest BCUT2D eigenvalue weighted by atomic mass is 10.1. The molecule has 19 heavy (non-hydrogen) atoms. The number of carboxylic acid groups (broad SMARTS) is 1. The third kappa shape index (κ3) is 3.76. The molecule has 2 N–H and O–H groups in total. The zero-order valence-electron chi connectivity index (χ0n) is 10.2. The Hall–Kier alpha value is -1.94. The predicted octanol–water partition coefficient (Wildman–Crippen LogP) is 3.68. The van der Waals surface area contributed by atoms with Crippen LogP contribution in [-0.4, -0.2) is 17.6 Å². The van der Waals surface area contributed by atoms with Gasteiger partial charge < -0.3 is 14.8 Å². The summed E-state index contributed by atoms with van der Waals surface area (Å²) in [4.78, 5) is 11.1. The second-order valence-corrected chi connectivity index (χ2v) is 4.54. The highest BCUT2D eigenvalue weighted by Crippen LogP contribution is 2.21. The number of carboxylic acids is 1. The fourth-order valence-electron chi connectivity index (χ4n) is 1.79. The van der Waals surface area contributed by atoms with E-state index in [1.54, 1.807) is 18.4 Å². The molecule has 0 aliphatic heterocycles. The topological polar surface area (TPSA) is 62.5 Å². The number of aromatic carboxylic acids is 1. The van der Waals surface area contributed by atoms with Crippen molar-refractivity contribution in [2.45, 2.75) is 12.8 Å². The van der Waals surface area contributed by atoms with Crippen LogP contribution >= 0.6 is 11.6 Å². The lowest BCUT2D eigenvalue weighted by Gasteiger charge is -2.09. The van der Waals surface area contributed by atoms with Gasteiger partial charge in [0.25, 0.3) is 0 Å². The molecule has 1 aromatic heterocycles. The summed E-state index contributed by atoms with van der Waals surface area (Å²) in [5, 5.41) is 12.7. The third-order valence-electron chi connectivity index (χ3n) is 2.71. The van der Waals surface area contributed by atoms with E-state index in [1.807, 2.05) is 12.1 Å². The van der Waals surface area contributed by atoms with Crippen molar-refractivity contribution in [2.75, 3.05) is 11.9 Å². The molecule has 0 radical (unpaired) electrons. The highest BCUT2D eigenvalue weighted by atomic mass is 35.5. The van der Waals surface area contributed by atoms with Crippen molar-refractivity contribution in [3.8, 4) is 0 Å². The molecule has 5 heteroatoms. The van der Waals surface area contributed by atoms with Crippen molar-refractivity contribution in [1.29, 1.82) is 0 Å². The maximum Gasteiger partial charge on any atom is 0.337 e. The number of nitrogens with one attached hydrogen (secondary N) is 1.